The number of aromatic amines is 2. The summed E-state index contributed by atoms with van der Waals surface area (Å²) < 4.78 is 2.01. The van der Waals surface area contributed by atoms with Crippen LogP contribution in [-0.2, 0) is 22.6 Å². The fourth-order valence-corrected chi connectivity index (χ4v) is 6.20. The molecular formula is C48H47Cl3N10O5. The van der Waals surface area contributed by atoms with Gasteiger partial charge in [0.1, 0.15) is 5.82 Å². The van der Waals surface area contributed by atoms with Crippen molar-refractivity contribution in [1.29, 1.82) is 0 Å². The lowest BCUT2D eigenvalue weighted by atomic mass is 10.1. The highest BCUT2D eigenvalue weighted by Gasteiger charge is 2.10. The van der Waals surface area contributed by atoms with E-state index >= 15 is 0 Å². The molecule has 8 aromatic rings. The van der Waals surface area contributed by atoms with Gasteiger partial charge in [0.25, 0.3) is 17.4 Å². The van der Waals surface area contributed by atoms with Crippen LogP contribution in [0.1, 0.15) is 39.4 Å². The zero-order chi connectivity index (χ0) is 47.7. The number of rotatable bonds is 12. The Morgan fingerprint density at radius 2 is 1.30 bits per heavy atom. The second kappa shape index (κ2) is 27.6. The zero-order valence-corrected chi connectivity index (χ0v) is 37.7. The molecule has 340 valence electrons. The molecule has 0 aliphatic carbocycles. The van der Waals surface area contributed by atoms with E-state index in [9.17, 15) is 24.0 Å². The number of aromatic nitrogens is 6. The van der Waals surface area contributed by atoms with Crippen molar-refractivity contribution in [1.82, 2.24) is 29.5 Å². The van der Waals surface area contributed by atoms with Gasteiger partial charge in [-0.15, -0.1) is 23.2 Å². The first-order valence-electron chi connectivity index (χ1n) is 20.1. The van der Waals surface area contributed by atoms with Gasteiger partial charge in [-0.2, -0.15) is 0 Å². The van der Waals surface area contributed by atoms with E-state index in [1.165, 1.54) is 5.56 Å². The van der Waals surface area contributed by atoms with Crippen molar-refractivity contribution < 1.29 is 19.2 Å². The molecule has 66 heavy (non-hydrogen) atoms. The molecule has 0 aliphatic heterocycles. The van der Waals surface area contributed by atoms with Gasteiger partial charge in [-0.1, -0.05) is 97.1 Å². The number of nitrogens with zero attached hydrogens (tertiary/aromatic N) is 4. The van der Waals surface area contributed by atoms with Crippen LogP contribution in [0.15, 0.2) is 163 Å². The minimum Gasteiger partial charge on any atom is -0.398 e. The molecule has 9 N–H and O–H groups in total. The molecule has 0 fully saturated rings. The molecule has 3 aromatic heterocycles. The minimum atomic E-state index is -0.572. The first kappa shape index (κ1) is 51.0. The maximum atomic E-state index is 12.1. The number of aryl methyl sites for hydroxylation is 2. The summed E-state index contributed by atoms with van der Waals surface area (Å²) in [5.41, 5.74) is 22.0. The minimum absolute atomic E-state index is 0.0915. The Morgan fingerprint density at radius 3 is 1.88 bits per heavy atom. The van der Waals surface area contributed by atoms with Crippen molar-refractivity contribution in [3.05, 3.63) is 186 Å². The number of amides is 3. The van der Waals surface area contributed by atoms with Crippen LogP contribution in [0, 0.1) is 0 Å². The van der Waals surface area contributed by atoms with Gasteiger partial charge < -0.3 is 37.1 Å². The number of alkyl halides is 2. The molecule has 8 rings (SSSR count). The number of para-hydroxylation sites is 3. The average Bonchev–Trinajstić information content (AvgIpc) is 4.04. The smallest absolute Gasteiger partial charge is 0.258 e. The molecule has 3 heterocycles. The monoisotopic (exact) mass is 948 g/mol. The number of nitrogens with one attached hydrogen (secondary N) is 3. The normalized spacial score (nSPS) is 9.98. The van der Waals surface area contributed by atoms with E-state index < -0.39 is 11.8 Å². The summed E-state index contributed by atoms with van der Waals surface area (Å²) in [6, 6.07) is 40.8. The predicted octanol–water partition coefficient (Wildman–Crippen LogP) is 8.21. The maximum absolute atomic E-state index is 12.1. The Hall–Kier alpha value is -7.59. The van der Waals surface area contributed by atoms with E-state index in [-0.39, 0.29) is 35.4 Å². The van der Waals surface area contributed by atoms with Crippen LogP contribution in [0.3, 0.4) is 0 Å². The van der Waals surface area contributed by atoms with Gasteiger partial charge >= 0.3 is 0 Å². The molecule has 18 heteroatoms. The maximum Gasteiger partial charge on any atom is 0.258 e. The lowest BCUT2D eigenvalue weighted by molar-refractivity contribution is -0.116. The van der Waals surface area contributed by atoms with E-state index in [1.54, 1.807) is 60.9 Å². The number of nitrogens with two attached hydrogens (primary N) is 3. The quantitative estimate of drug-likeness (QED) is 0.0392. The molecule has 0 bridgehead atoms. The third kappa shape index (κ3) is 17.2. The lowest BCUT2D eigenvalue weighted by Gasteiger charge is -2.07. The topological polar surface area (TPSA) is 251 Å². The van der Waals surface area contributed by atoms with Gasteiger partial charge in [-0.3, -0.25) is 24.0 Å². The first-order valence-corrected chi connectivity index (χ1v) is 21.6. The van der Waals surface area contributed by atoms with E-state index in [2.05, 4.69) is 30.2 Å². The molecule has 0 spiro atoms. The molecule has 3 amide bonds. The second-order valence-electron chi connectivity index (χ2n) is 13.6. The molecule has 0 unspecified atom stereocenters. The van der Waals surface area contributed by atoms with Crippen LogP contribution in [0.5, 0.6) is 0 Å². The van der Waals surface area contributed by atoms with Crippen LogP contribution in [-0.4, -0.2) is 64.2 Å². The summed E-state index contributed by atoms with van der Waals surface area (Å²) >= 11 is 15.4. The summed E-state index contributed by atoms with van der Waals surface area (Å²) in [7, 11) is 0. The van der Waals surface area contributed by atoms with Crippen LogP contribution in [0.25, 0.3) is 33.4 Å². The van der Waals surface area contributed by atoms with Crippen LogP contribution >= 0.6 is 34.8 Å². The highest BCUT2D eigenvalue weighted by atomic mass is 35.5. The number of fused-ring (bicyclic) bond motifs is 1. The molecule has 0 saturated heterocycles. The summed E-state index contributed by atoms with van der Waals surface area (Å²) in [5.74, 6) is -0.0466. The van der Waals surface area contributed by atoms with Crippen molar-refractivity contribution in [2.75, 3.05) is 22.8 Å². The Labute approximate surface area is 395 Å². The van der Waals surface area contributed by atoms with E-state index in [1.807, 2.05) is 102 Å². The molecule has 0 saturated carbocycles. The molecule has 5 aromatic carbocycles. The fourth-order valence-electron chi connectivity index (χ4n) is 5.66. The molecular weight excluding hydrogens is 903 g/mol. The summed E-state index contributed by atoms with van der Waals surface area (Å²) in [5, 5.41) is 2.82. The van der Waals surface area contributed by atoms with Crippen molar-refractivity contribution >= 4 is 80.0 Å². The number of benzene rings is 5. The first-order chi connectivity index (χ1) is 31.9. The predicted molar refractivity (Wildman–Crippen MR) is 262 cm³/mol. The van der Waals surface area contributed by atoms with Gasteiger partial charge in [0.05, 0.1) is 58.0 Å². The third-order valence-corrected chi connectivity index (χ3v) is 9.43. The van der Waals surface area contributed by atoms with Gasteiger partial charge in [-0.25, -0.2) is 15.0 Å². The Kier molecular flexibility index (Phi) is 21.3. The van der Waals surface area contributed by atoms with Crippen LogP contribution in [0.4, 0.5) is 11.4 Å². The Balaban J connectivity index is 0.000000196. The van der Waals surface area contributed by atoms with Crippen molar-refractivity contribution in [2.45, 2.75) is 25.8 Å². The lowest BCUT2D eigenvalue weighted by Crippen LogP contribution is -2.18. The summed E-state index contributed by atoms with van der Waals surface area (Å²) in [4.78, 5) is 73.4. The SMILES string of the molecule is NC(=O)c1ccccc1N.NC(=O)c1ccccc1NC(=O)CCCl.O=C(Cl)CCCl.O=c1[nH]c(CCn2cnc(-c3ccccc3)c2)nc2ccccc12.c1ccc(-c2cnc[nH]2)cc1. The van der Waals surface area contributed by atoms with E-state index in [0.29, 0.717) is 52.6 Å². The number of primary amides is 2. The largest absolute Gasteiger partial charge is 0.398 e. The Morgan fingerprint density at radius 1 is 0.712 bits per heavy atom. The summed E-state index contributed by atoms with van der Waals surface area (Å²) in [6.07, 6.45) is 8.43. The van der Waals surface area contributed by atoms with E-state index in [0.717, 1.165) is 22.5 Å². The van der Waals surface area contributed by atoms with Gasteiger partial charge in [0.15, 0.2) is 0 Å². The number of H-pyrrole nitrogens is 2. The number of imidazole rings is 2. The molecule has 0 radical (unpaired) electrons. The number of nitrogen functional groups attached to an aromatic ring is 1. The number of carbonyl (C=O) groups excluding carboxylic acids is 4. The van der Waals surface area contributed by atoms with Crippen molar-refractivity contribution in [3.63, 3.8) is 0 Å². The van der Waals surface area contributed by atoms with Crippen LogP contribution < -0.4 is 28.1 Å². The zero-order valence-electron chi connectivity index (χ0n) is 35.4. The van der Waals surface area contributed by atoms with Gasteiger partial charge in [0.2, 0.25) is 11.1 Å². The highest BCUT2D eigenvalue weighted by Crippen LogP contribution is 2.17. The van der Waals surface area contributed by atoms with Gasteiger partial charge in [0, 0.05) is 55.0 Å². The number of hydrogen-bond acceptors (Lipinski definition) is 9. The number of halogens is 3. The van der Waals surface area contributed by atoms with Crippen molar-refractivity contribution in [2.24, 2.45) is 11.5 Å². The highest BCUT2D eigenvalue weighted by molar-refractivity contribution is 6.63. The summed E-state index contributed by atoms with van der Waals surface area (Å²) in [6.45, 7) is 0.709. The average molecular weight is 950 g/mol. The Bertz CT molecular complexity index is 2820. The fraction of sp³-hybridized carbons (Fsp3) is 0.125. The van der Waals surface area contributed by atoms with Crippen molar-refractivity contribution in [3.8, 4) is 22.5 Å². The number of hydrogen-bond donors (Lipinski definition) is 6. The van der Waals surface area contributed by atoms with Crippen LogP contribution in [0.2, 0.25) is 0 Å². The number of carbonyl (C=O) groups is 4. The third-order valence-electron chi connectivity index (χ3n) is 8.86. The second-order valence-corrected chi connectivity index (χ2v) is 14.8. The van der Waals surface area contributed by atoms with E-state index in [4.69, 9.17) is 52.0 Å². The molecule has 0 aliphatic rings. The standard InChI is InChI=1S/C19H16N4O.C10H11ClN2O2.C9H8N2.C7H8N2O.C3H4Cl2O/c24-19-15-8-4-5-9-16(15)21-18(22-19)10-11-23-12-17(20-13-23)14-6-2-1-3-7-14;11-6-5-9(14)13-8-4-2-1-3-7(8)10(12)15;1-2-4-8(5-3-1)9-6-10-7-11-9;8-6-4-2-1-3-5(6)7(9)10;4-2-1-3(5)6/h1-9,12-13H,10-11H2,(H,21,22,24);1-4H,5-6H2,(H2,12,15)(H,13,14);1-7H,(H,10,11);1-4H,8H2,(H2,9,10);1-2H2. The number of anilines is 2. The molecule has 0 atom stereocenters. The molecule has 15 nitrogen and oxygen atoms in total. The van der Waals surface area contributed by atoms with Gasteiger partial charge in [-0.05, 0) is 53.6 Å².